The van der Waals surface area contributed by atoms with Gasteiger partial charge in [-0.05, 0) is 48.4 Å². The van der Waals surface area contributed by atoms with E-state index in [9.17, 15) is 14.0 Å². The summed E-state index contributed by atoms with van der Waals surface area (Å²) in [5, 5.41) is 5.01. The molecule has 3 rings (SSSR count). The SMILES string of the molecule is Cc1cc(NC(=O)NC(=O)c2c(F)cccc2Cl)ncc1-c1ccc(Cl)cc1. The molecule has 0 radical (unpaired) electrons. The molecular formula is C20H14Cl2FN3O2. The Kier molecular flexibility index (Phi) is 5.92. The standard InChI is InChI=1S/C20H14Cl2FN3O2/c1-11-9-17(24-10-14(11)12-5-7-13(21)8-6-12)25-20(28)26-19(27)18-15(22)3-2-4-16(18)23/h2-10H,1H3,(H2,24,25,26,27,28). The summed E-state index contributed by atoms with van der Waals surface area (Å²) in [5.41, 5.74) is 2.25. The highest BCUT2D eigenvalue weighted by atomic mass is 35.5. The van der Waals surface area contributed by atoms with Crippen LogP contribution in [0.1, 0.15) is 15.9 Å². The van der Waals surface area contributed by atoms with Crippen LogP contribution in [0.3, 0.4) is 0 Å². The number of benzene rings is 2. The number of anilines is 1. The Labute approximate surface area is 170 Å². The topological polar surface area (TPSA) is 71.1 Å². The number of aryl methyl sites for hydroxylation is 1. The van der Waals surface area contributed by atoms with Crippen LogP contribution in [0.4, 0.5) is 15.0 Å². The number of rotatable bonds is 3. The summed E-state index contributed by atoms with van der Waals surface area (Å²) in [6.07, 6.45) is 1.60. The predicted molar refractivity (Wildman–Crippen MR) is 107 cm³/mol. The Morgan fingerprint density at radius 2 is 1.79 bits per heavy atom. The predicted octanol–water partition coefficient (Wildman–Crippen LogP) is 5.46. The Balaban J connectivity index is 1.71. The molecule has 0 aliphatic rings. The van der Waals surface area contributed by atoms with Crippen LogP contribution in [0, 0.1) is 12.7 Å². The van der Waals surface area contributed by atoms with Crippen molar-refractivity contribution < 1.29 is 14.0 Å². The van der Waals surface area contributed by atoms with E-state index in [1.807, 2.05) is 24.4 Å². The lowest BCUT2D eigenvalue weighted by molar-refractivity contribution is 0.0963. The van der Waals surface area contributed by atoms with E-state index in [4.69, 9.17) is 23.2 Å². The molecule has 0 saturated carbocycles. The maximum absolute atomic E-state index is 13.8. The highest BCUT2D eigenvalue weighted by molar-refractivity contribution is 6.34. The van der Waals surface area contributed by atoms with Crippen molar-refractivity contribution in [3.8, 4) is 11.1 Å². The first-order chi connectivity index (χ1) is 13.3. The van der Waals surface area contributed by atoms with Gasteiger partial charge < -0.3 is 0 Å². The molecule has 0 fully saturated rings. The number of imide groups is 1. The Bertz CT molecular complexity index is 1040. The summed E-state index contributed by atoms with van der Waals surface area (Å²) >= 11 is 11.7. The number of nitrogens with zero attached hydrogens (tertiary/aromatic N) is 1. The van der Waals surface area contributed by atoms with Crippen molar-refractivity contribution in [2.24, 2.45) is 0 Å². The fourth-order valence-corrected chi connectivity index (χ4v) is 2.96. The van der Waals surface area contributed by atoms with Gasteiger partial charge in [0.2, 0.25) is 0 Å². The minimum atomic E-state index is -0.949. The van der Waals surface area contributed by atoms with Gasteiger partial charge in [0.1, 0.15) is 11.6 Å². The molecule has 0 spiro atoms. The van der Waals surface area contributed by atoms with E-state index in [2.05, 4.69) is 10.3 Å². The van der Waals surface area contributed by atoms with E-state index in [0.717, 1.165) is 22.8 Å². The normalized spacial score (nSPS) is 10.4. The summed E-state index contributed by atoms with van der Waals surface area (Å²) in [5.74, 6) is -1.53. The molecule has 3 amide bonds. The lowest BCUT2D eigenvalue weighted by Gasteiger charge is -2.10. The summed E-state index contributed by atoms with van der Waals surface area (Å²) < 4.78 is 13.8. The average molecular weight is 418 g/mol. The van der Waals surface area contributed by atoms with E-state index in [1.54, 1.807) is 24.4 Å². The van der Waals surface area contributed by atoms with Gasteiger partial charge in [-0.2, -0.15) is 0 Å². The zero-order chi connectivity index (χ0) is 20.3. The number of hydrogen-bond donors (Lipinski definition) is 2. The number of aromatic nitrogens is 1. The largest absolute Gasteiger partial charge is 0.327 e. The Morgan fingerprint density at radius 3 is 2.43 bits per heavy atom. The lowest BCUT2D eigenvalue weighted by atomic mass is 10.0. The van der Waals surface area contributed by atoms with Gasteiger partial charge in [0.15, 0.2) is 0 Å². The fourth-order valence-electron chi connectivity index (χ4n) is 2.58. The maximum atomic E-state index is 13.8. The van der Waals surface area contributed by atoms with Crippen LogP contribution in [-0.2, 0) is 0 Å². The van der Waals surface area contributed by atoms with Gasteiger partial charge in [-0.25, -0.2) is 14.2 Å². The van der Waals surface area contributed by atoms with Crippen molar-refractivity contribution in [2.45, 2.75) is 6.92 Å². The van der Waals surface area contributed by atoms with Crippen LogP contribution in [0.15, 0.2) is 54.7 Å². The molecule has 142 valence electrons. The minimum Gasteiger partial charge on any atom is -0.292 e. The van der Waals surface area contributed by atoms with Crippen LogP contribution < -0.4 is 10.6 Å². The van der Waals surface area contributed by atoms with E-state index >= 15 is 0 Å². The molecule has 3 aromatic rings. The van der Waals surface area contributed by atoms with Gasteiger partial charge in [0, 0.05) is 16.8 Å². The lowest BCUT2D eigenvalue weighted by Crippen LogP contribution is -2.35. The molecule has 0 aliphatic carbocycles. The van der Waals surface area contributed by atoms with Crippen molar-refractivity contribution >= 4 is 41.0 Å². The molecule has 0 aliphatic heterocycles. The van der Waals surface area contributed by atoms with Crippen molar-refractivity contribution in [1.29, 1.82) is 0 Å². The van der Waals surface area contributed by atoms with Gasteiger partial charge in [0.05, 0.1) is 10.6 Å². The number of carbonyl (C=O) groups is 2. The molecule has 1 aromatic heterocycles. The number of hydrogen-bond acceptors (Lipinski definition) is 3. The molecule has 1 heterocycles. The number of halogens is 3. The maximum Gasteiger partial charge on any atom is 0.327 e. The van der Waals surface area contributed by atoms with Gasteiger partial charge in [-0.15, -0.1) is 0 Å². The number of urea groups is 1. The van der Waals surface area contributed by atoms with Crippen molar-refractivity contribution in [1.82, 2.24) is 10.3 Å². The quantitative estimate of drug-likeness (QED) is 0.593. The molecule has 2 aromatic carbocycles. The summed E-state index contributed by atoms with van der Waals surface area (Å²) in [6, 6.07) is 11.9. The average Bonchev–Trinajstić information content (AvgIpc) is 2.62. The molecular weight excluding hydrogens is 404 g/mol. The number of amides is 3. The van der Waals surface area contributed by atoms with Gasteiger partial charge in [0.25, 0.3) is 5.91 Å². The molecule has 8 heteroatoms. The van der Waals surface area contributed by atoms with Crippen LogP contribution in [0.2, 0.25) is 10.0 Å². The zero-order valence-corrected chi connectivity index (χ0v) is 16.1. The third kappa shape index (κ3) is 4.47. The summed E-state index contributed by atoms with van der Waals surface area (Å²) in [4.78, 5) is 28.3. The highest BCUT2D eigenvalue weighted by Crippen LogP contribution is 2.25. The molecule has 0 unspecified atom stereocenters. The van der Waals surface area contributed by atoms with Crippen LogP contribution in [0.5, 0.6) is 0 Å². The minimum absolute atomic E-state index is 0.0911. The molecule has 0 atom stereocenters. The fraction of sp³-hybridized carbons (Fsp3) is 0.0500. The van der Waals surface area contributed by atoms with Gasteiger partial charge in [-0.1, -0.05) is 41.4 Å². The first-order valence-electron chi connectivity index (χ1n) is 8.14. The van der Waals surface area contributed by atoms with Crippen LogP contribution in [-0.4, -0.2) is 16.9 Å². The van der Waals surface area contributed by atoms with Crippen molar-refractivity contribution in [3.05, 3.63) is 81.7 Å². The van der Waals surface area contributed by atoms with E-state index in [1.165, 1.54) is 12.1 Å². The molecule has 0 bridgehead atoms. The summed E-state index contributed by atoms with van der Waals surface area (Å²) in [6.45, 7) is 1.86. The third-order valence-electron chi connectivity index (χ3n) is 3.92. The molecule has 0 saturated heterocycles. The van der Waals surface area contributed by atoms with E-state index in [-0.39, 0.29) is 10.8 Å². The molecule has 2 N–H and O–H groups in total. The van der Waals surface area contributed by atoms with Crippen molar-refractivity contribution in [3.63, 3.8) is 0 Å². The first-order valence-corrected chi connectivity index (χ1v) is 8.89. The smallest absolute Gasteiger partial charge is 0.292 e. The highest BCUT2D eigenvalue weighted by Gasteiger charge is 2.18. The molecule has 28 heavy (non-hydrogen) atoms. The summed E-state index contributed by atoms with van der Waals surface area (Å²) in [7, 11) is 0. The number of carbonyl (C=O) groups excluding carboxylic acids is 2. The number of nitrogens with one attached hydrogen (secondary N) is 2. The second-order valence-electron chi connectivity index (χ2n) is 5.90. The van der Waals surface area contributed by atoms with Gasteiger partial charge >= 0.3 is 6.03 Å². The Hall–Kier alpha value is -2.96. The Morgan fingerprint density at radius 1 is 1.07 bits per heavy atom. The van der Waals surface area contributed by atoms with Crippen LogP contribution in [0.25, 0.3) is 11.1 Å². The van der Waals surface area contributed by atoms with Crippen molar-refractivity contribution in [2.75, 3.05) is 5.32 Å². The first kappa shape index (κ1) is 19.8. The van der Waals surface area contributed by atoms with E-state index in [0.29, 0.717) is 5.02 Å². The zero-order valence-electron chi connectivity index (χ0n) is 14.6. The molecule has 5 nitrogen and oxygen atoms in total. The third-order valence-corrected chi connectivity index (χ3v) is 4.49. The number of pyridine rings is 1. The van der Waals surface area contributed by atoms with Crippen LogP contribution >= 0.6 is 23.2 Å². The monoisotopic (exact) mass is 417 g/mol. The van der Waals surface area contributed by atoms with Gasteiger partial charge in [-0.3, -0.25) is 15.4 Å². The van der Waals surface area contributed by atoms with E-state index < -0.39 is 23.3 Å². The second-order valence-corrected chi connectivity index (χ2v) is 6.74. The second kappa shape index (κ2) is 8.37.